The minimum Gasteiger partial charge on any atom is -0.369 e. The average molecular weight is 295 g/mol. The molecule has 0 aliphatic carbocycles. The molecule has 21 heavy (non-hydrogen) atoms. The Kier molecular flexibility index (Phi) is 4.12. The lowest BCUT2D eigenvalue weighted by Crippen LogP contribution is -2.14. The maximum absolute atomic E-state index is 12.6. The van der Waals surface area contributed by atoms with Crippen LogP contribution < -0.4 is 5.32 Å². The summed E-state index contributed by atoms with van der Waals surface area (Å²) in [4.78, 5) is 3.48. The highest BCUT2D eigenvalue weighted by Gasteiger charge is 2.33. The zero-order valence-corrected chi connectivity index (χ0v) is 11.1. The van der Waals surface area contributed by atoms with Crippen molar-refractivity contribution in [1.82, 2.24) is 14.8 Å². The van der Waals surface area contributed by atoms with Crippen molar-refractivity contribution >= 4 is 5.82 Å². The van der Waals surface area contributed by atoms with Gasteiger partial charge in [-0.2, -0.15) is 23.5 Å². The number of aryl methyl sites for hydroxylation is 1. The van der Waals surface area contributed by atoms with Crippen LogP contribution in [0.2, 0.25) is 0 Å². The van der Waals surface area contributed by atoms with Crippen molar-refractivity contribution in [1.29, 1.82) is 5.26 Å². The summed E-state index contributed by atoms with van der Waals surface area (Å²) >= 11 is 0. The Morgan fingerprint density at radius 3 is 2.67 bits per heavy atom. The molecular weight excluding hydrogens is 283 g/mol. The molecule has 110 valence electrons. The van der Waals surface area contributed by atoms with Gasteiger partial charge in [-0.05, 0) is 18.2 Å². The molecule has 0 spiro atoms. The van der Waals surface area contributed by atoms with Gasteiger partial charge in [0.05, 0.1) is 5.56 Å². The van der Waals surface area contributed by atoms with Gasteiger partial charge in [-0.15, -0.1) is 0 Å². The molecule has 0 atom stereocenters. The standard InChI is InChI=1S/C13H12F3N5/c1-21-10(5-7-19-21)4-6-18-12-9(8-17)2-3-11(20-12)13(14,15)16/h2-3,5,7H,4,6H2,1H3,(H,18,20). The first kappa shape index (κ1) is 14.8. The van der Waals surface area contributed by atoms with Crippen molar-refractivity contribution in [3.05, 3.63) is 41.3 Å². The van der Waals surface area contributed by atoms with Crippen LogP contribution in [0.4, 0.5) is 19.0 Å². The predicted octanol–water partition coefficient (Wildman–Crippen LogP) is 2.36. The molecule has 1 N–H and O–H groups in total. The van der Waals surface area contributed by atoms with E-state index in [1.165, 1.54) is 0 Å². The average Bonchev–Trinajstić information content (AvgIpc) is 2.83. The van der Waals surface area contributed by atoms with E-state index in [4.69, 9.17) is 5.26 Å². The molecule has 0 aromatic carbocycles. The van der Waals surface area contributed by atoms with E-state index in [9.17, 15) is 13.2 Å². The lowest BCUT2D eigenvalue weighted by molar-refractivity contribution is -0.141. The number of aromatic nitrogens is 3. The SMILES string of the molecule is Cn1nccc1CCNc1nc(C(F)(F)F)ccc1C#N. The first-order valence-corrected chi connectivity index (χ1v) is 6.11. The molecule has 0 amide bonds. The Morgan fingerprint density at radius 2 is 2.10 bits per heavy atom. The van der Waals surface area contributed by atoms with Crippen molar-refractivity contribution in [3.8, 4) is 6.07 Å². The molecule has 5 nitrogen and oxygen atoms in total. The number of pyridine rings is 1. The Balaban J connectivity index is 2.11. The summed E-state index contributed by atoms with van der Waals surface area (Å²) in [5, 5.41) is 15.7. The Labute approximate surface area is 119 Å². The van der Waals surface area contributed by atoms with E-state index in [-0.39, 0.29) is 11.4 Å². The van der Waals surface area contributed by atoms with Crippen LogP contribution in [0.15, 0.2) is 24.4 Å². The molecule has 2 rings (SSSR count). The second-order valence-electron chi connectivity index (χ2n) is 4.33. The fourth-order valence-corrected chi connectivity index (χ4v) is 1.80. The first-order valence-electron chi connectivity index (χ1n) is 6.11. The minimum absolute atomic E-state index is 0.0607. The molecule has 2 aromatic heterocycles. The molecule has 0 saturated heterocycles. The third kappa shape index (κ3) is 3.51. The van der Waals surface area contributed by atoms with Crippen molar-refractivity contribution in [2.45, 2.75) is 12.6 Å². The van der Waals surface area contributed by atoms with Crippen molar-refractivity contribution in [2.75, 3.05) is 11.9 Å². The number of nitriles is 1. The Morgan fingerprint density at radius 1 is 1.33 bits per heavy atom. The van der Waals surface area contributed by atoms with Crippen molar-refractivity contribution in [2.24, 2.45) is 7.05 Å². The first-order chi connectivity index (χ1) is 9.91. The van der Waals surface area contributed by atoms with E-state index in [1.54, 1.807) is 17.9 Å². The Bertz CT molecular complexity index is 669. The number of halogens is 3. The molecular formula is C13H12F3N5. The molecule has 8 heteroatoms. The summed E-state index contributed by atoms with van der Waals surface area (Å²) in [7, 11) is 1.78. The monoisotopic (exact) mass is 295 g/mol. The molecule has 0 saturated carbocycles. The number of anilines is 1. The molecule has 0 fully saturated rings. The van der Waals surface area contributed by atoms with Crippen molar-refractivity contribution < 1.29 is 13.2 Å². The van der Waals surface area contributed by atoms with Crippen LogP contribution in [0, 0.1) is 11.3 Å². The number of rotatable bonds is 4. The normalized spacial score (nSPS) is 11.2. The van der Waals surface area contributed by atoms with Crippen LogP contribution in [0.25, 0.3) is 0 Å². The van der Waals surface area contributed by atoms with E-state index >= 15 is 0 Å². The van der Waals surface area contributed by atoms with Gasteiger partial charge in [0.25, 0.3) is 0 Å². The number of alkyl halides is 3. The zero-order chi connectivity index (χ0) is 15.5. The van der Waals surface area contributed by atoms with E-state index < -0.39 is 11.9 Å². The third-order valence-corrected chi connectivity index (χ3v) is 2.90. The number of hydrogen-bond acceptors (Lipinski definition) is 4. The van der Waals surface area contributed by atoms with Gasteiger partial charge >= 0.3 is 6.18 Å². The van der Waals surface area contributed by atoms with Gasteiger partial charge in [0.2, 0.25) is 0 Å². The second-order valence-corrected chi connectivity index (χ2v) is 4.33. The fourth-order valence-electron chi connectivity index (χ4n) is 1.80. The summed E-state index contributed by atoms with van der Waals surface area (Å²) in [6, 6.07) is 5.54. The Hall–Kier alpha value is -2.56. The van der Waals surface area contributed by atoms with Crippen LogP contribution in [-0.4, -0.2) is 21.3 Å². The van der Waals surface area contributed by atoms with Crippen LogP contribution >= 0.6 is 0 Å². The van der Waals surface area contributed by atoms with Gasteiger partial charge in [0.1, 0.15) is 17.6 Å². The zero-order valence-electron chi connectivity index (χ0n) is 11.1. The van der Waals surface area contributed by atoms with Gasteiger partial charge in [-0.1, -0.05) is 0 Å². The highest BCUT2D eigenvalue weighted by Crippen LogP contribution is 2.29. The van der Waals surface area contributed by atoms with Gasteiger partial charge in [-0.25, -0.2) is 4.98 Å². The number of nitrogens with one attached hydrogen (secondary N) is 1. The molecule has 2 heterocycles. The molecule has 2 aromatic rings. The molecule has 0 aliphatic heterocycles. The smallest absolute Gasteiger partial charge is 0.369 e. The predicted molar refractivity (Wildman–Crippen MR) is 69.4 cm³/mol. The summed E-state index contributed by atoms with van der Waals surface area (Å²) in [5.74, 6) is -0.0607. The third-order valence-electron chi connectivity index (χ3n) is 2.90. The topological polar surface area (TPSA) is 66.5 Å². The number of nitrogens with zero attached hydrogens (tertiary/aromatic N) is 4. The van der Waals surface area contributed by atoms with Crippen LogP contribution in [0.5, 0.6) is 0 Å². The van der Waals surface area contributed by atoms with Gasteiger partial charge < -0.3 is 5.32 Å². The minimum atomic E-state index is -4.54. The highest BCUT2D eigenvalue weighted by molar-refractivity contribution is 5.52. The lowest BCUT2D eigenvalue weighted by atomic mass is 10.2. The molecule has 0 radical (unpaired) electrons. The van der Waals surface area contributed by atoms with Gasteiger partial charge in [0, 0.05) is 31.9 Å². The van der Waals surface area contributed by atoms with Crippen LogP contribution in [0.3, 0.4) is 0 Å². The lowest BCUT2D eigenvalue weighted by Gasteiger charge is -2.11. The van der Waals surface area contributed by atoms with Crippen molar-refractivity contribution in [3.63, 3.8) is 0 Å². The summed E-state index contributed by atoms with van der Waals surface area (Å²) in [6.07, 6.45) is -2.34. The fraction of sp³-hybridized carbons (Fsp3) is 0.308. The van der Waals surface area contributed by atoms with E-state index in [0.29, 0.717) is 13.0 Å². The summed E-state index contributed by atoms with van der Waals surface area (Å²) in [5.41, 5.74) is -0.0227. The quantitative estimate of drug-likeness (QED) is 0.940. The molecule has 0 aliphatic rings. The van der Waals surface area contributed by atoms with Crippen LogP contribution in [0.1, 0.15) is 17.0 Å². The largest absolute Gasteiger partial charge is 0.433 e. The van der Waals surface area contributed by atoms with E-state index in [2.05, 4.69) is 15.4 Å². The van der Waals surface area contributed by atoms with Crippen LogP contribution in [-0.2, 0) is 19.6 Å². The van der Waals surface area contributed by atoms with Gasteiger partial charge in [-0.3, -0.25) is 4.68 Å². The molecule has 0 bridgehead atoms. The maximum atomic E-state index is 12.6. The van der Waals surface area contributed by atoms with Gasteiger partial charge in [0.15, 0.2) is 0 Å². The summed E-state index contributed by atoms with van der Waals surface area (Å²) < 4.78 is 39.5. The second kappa shape index (κ2) is 5.83. The van der Waals surface area contributed by atoms with E-state index in [1.807, 2.05) is 12.1 Å². The molecule has 0 unspecified atom stereocenters. The number of hydrogen-bond donors (Lipinski definition) is 1. The van der Waals surface area contributed by atoms with E-state index in [0.717, 1.165) is 17.8 Å². The highest BCUT2D eigenvalue weighted by atomic mass is 19.4. The summed E-state index contributed by atoms with van der Waals surface area (Å²) in [6.45, 7) is 0.350. The maximum Gasteiger partial charge on any atom is 0.433 e.